The van der Waals surface area contributed by atoms with Crippen LogP contribution in [0.1, 0.15) is 12.5 Å². The van der Waals surface area contributed by atoms with Crippen LogP contribution in [0.15, 0.2) is 47.6 Å². The maximum atomic E-state index is 13.3. The first-order valence-electron chi connectivity index (χ1n) is 7.51. The number of methoxy groups -OCH3 is 1. The number of benzene rings is 1. The van der Waals surface area contributed by atoms with Crippen molar-refractivity contribution in [3.8, 4) is 11.6 Å². The highest BCUT2D eigenvalue weighted by molar-refractivity contribution is 5.78. The Morgan fingerprint density at radius 1 is 1.38 bits per heavy atom. The summed E-state index contributed by atoms with van der Waals surface area (Å²) >= 11 is 0. The SMILES string of the molecule is COCC(C)NC(N)=NCc1cccnc1Oc1cccc(F)c1. The summed E-state index contributed by atoms with van der Waals surface area (Å²) in [5.41, 5.74) is 6.59. The van der Waals surface area contributed by atoms with Crippen LogP contribution in [0.25, 0.3) is 0 Å². The average molecular weight is 332 g/mol. The van der Waals surface area contributed by atoms with Gasteiger partial charge in [0.1, 0.15) is 11.6 Å². The van der Waals surface area contributed by atoms with Crippen LogP contribution in [0.3, 0.4) is 0 Å². The van der Waals surface area contributed by atoms with Gasteiger partial charge in [-0.05, 0) is 25.1 Å². The van der Waals surface area contributed by atoms with Crippen molar-refractivity contribution in [1.29, 1.82) is 0 Å². The summed E-state index contributed by atoms with van der Waals surface area (Å²) in [5.74, 6) is 0.673. The lowest BCUT2D eigenvalue weighted by molar-refractivity contribution is 0.179. The number of aliphatic imine (C=N–C) groups is 1. The van der Waals surface area contributed by atoms with Crippen LogP contribution in [0.4, 0.5) is 4.39 Å². The number of guanidine groups is 1. The molecule has 0 aliphatic heterocycles. The number of aromatic nitrogens is 1. The third kappa shape index (κ3) is 5.51. The third-order valence-corrected chi connectivity index (χ3v) is 3.09. The fourth-order valence-electron chi connectivity index (χ4n) is 2.04. The van der Waals surface area contributed by atoms with Crippen molar-refractivity contribution < 1.29 is 13.9 Å². The minimum atomic E-state index is -0.372. The van der Waals surface area contributed by atoms with Crippen LogP contribution in [0, 0.1) is 5.82 Å². The van der Waals surface area contributed by atoms with Crippen LogP contribution < -0.4 is 15.8 Å². The molecule has 1 aromatic carbocycles. The highest BCUT2D eigenvalue weighted by Crippen LogP contribution is 2.23. The van der Waals surface area contributed by atoms with Crippen molar-refractivity contribution in [2.75, 3.05) is 13.7 Å². The van der Waals surface area contributed by atoms with Gasteiger partial charge in [-0.25, -0.2) is 14.4 Å². The maximum absolute atomic E-state index is 13.3. The van der Waals surface area contributed by atoms with E-state index in [1.165, 1.54) is 12.1 Å². The number of halogens is 1. The molecule has 1 atom stereocenters. The number of nitrogens with one attached hydrogen (secondary N) is 1. The molecule has 0 saturated carbocycles. The van der Waals surface area contributed by atoms with E-state index in [1.54, 1.807) is 31.5 Å². The largest absolute Gasteiger partial charge is 0.439 e. The predicted octanol–water partition coefficient (Wildman–Crippen LogP) is 2.45. The first-order valence-corrected chi connectivity index (χ1v) is 7.51. The van der Waals surface area contributed by atoms with Gasteiger partial charge in [0, 0.05) is 31.0 Å². The van der Waals surface area contributed by atoms with Crippen LogP contribution >= 0.6 is 0 Å². The van der Waals surface area contributed by atoms with Gasteiger partial charge < -0.3 is 20.5 Å². The third-order valence-electron chi connectivity index (χ3n) is 3.09. The molecule has 2 aromatic rings. The average Bonchev–Trinajstić information content (AvgIpc) is 2.54. The second-order valence-electron chi connectivity index (χ2n) is 5.23. The lowest BCUT2D eigenvalue weighted by Crippen LogP contribution is -2.40. The molecule has 1 heterocycles. The predicted molar refractivity (Wildman–Crippen MR) is 90.5 cm³/mol. The molecule has 128 valence electrons. The summed E-state index contributed by atoms with van der Waals surface area (Å²) in [6.45, 7) is 2.75. The molecule has 7 heteroatoms. The zero-order chi connectivity index (χ0) is 17.4. The van der Waals surface area contributed by atoms with Crippen molar-refractivity contribution in [2.24, 2.45) is 10.7 Å². The first-order chi connectivity index (χ1) is 11.6. The van der Waals surface area contributed by atoms with E-state index in [-0.39, 0.29) is 18.4 Å². The number of nitrogens with two attached hydrogens (primary N) is 1. The van der Waals surface area contributed by atoms with Crippen molar-refractivity contribution in [1.82, 2.24) is 10.3 Å². The molecule has 0 spiro atoms. The van der Waals surface area contributed by atoms with Gasteiger partial charge in [-0.2, -0.15) is 0 Å². The Labute approximate surface area is 140 Å². The number of hydrogen-bond donors (Lipinski definition) is 2. The zero-order valence-corrected chi connectivity index (χ0v) is 13.7. The molecule has 24 heavy (non-hydrogen) atoms. The molecule has 1 unspecified atom stereocenters. The van der Waals surface area contributed by atoms with E-state index in [0.717, 1.165) is 5.56 Å². The second-order valence-corrected chi connectivity index (χ2v) is 5.23. The number of ether oxygens (including phenoxy) is 2. The Hall–Kier alpha value is -2.67. The minimum Gasteiger partial charge on any atom is -0.439 e. The van der Waals surface area contributed by atoms with E-state index in [1.807, 2.05) is 13.0 Å². The molecule has 0 aliphatic rings. The molecule has 0 saturated heterocycles. The smallest absolute Gasteiger partial charge is 0.224 e. The summed E-state index contributed by atoms with van der Waals surface area (Å²) in [4.78, 5) is 8.45. The monoisotopic (exact) mass is 332 g/mol. The van der Waals surface area contributed by atoms with Gasteiger partial charge in [0.15, 0.2) is 5.96 Å². The molecule has 0 radical (unpaired) electrons. The van der Waals surface area contributed by atoms with E-state index in [0.29, 0.717) is 24.2 Å². The first kappa shape index (κ1) is 17.7. The molecule has 0 aliphatic carbocycles. The highest BCUT2D eigenvalue weighted by atomic mass is 19.1. The van der Waals surface area contributed by atoms with E-state index in [9.17, 15) is 4.39 Å². The Bertz CT molecular complexity index is 694. The molecule has 6 nitrogen and oxygen atoms in total. The Kier molecular flexibility index (Phi) is 6.51. The molecule has 2 rings (SSSR count). The number of nitrogens with zero attached hydrogens (tertiary/aromatic N) is 2. The normalized spacial score (nSPS) is 12.7. The Morgan fingerprint density at radius 3 is 2.96 bits per heavy atom. The molecule has 3 N–H and O–H groups in total. The van der Waals surface area contributed by atoms with Gasteiger partial charge >= 0.3 is 0 Å². The molecular weight excluding hydrogens is 311 g/mol. The van der Waals surface area contributed by atoms with Crippen molar-refractivity contribution >= 4 is 5.96 Å². The summed E-state index contributed by atoms with van der Waals surface area (Å²) in [5, 5.41) is 3.02. The summed E-state index contributed by atoms with van der Waals surface area (Å²) in [7, 11) is 1.62. The number of hydrogen-bond acceptors (Lipinski definition) is 4. The summed E-state index contributed by atoms with van der Waals surface area (Å²) in [6.07, 6.45) is 1.60. The van der Waals surface area contributed by atoms with Gasteiger partial charge in [0.05, 0.1) is 13.2 Å². The summed E-state index contributed by atoms with van der Waals surface area (Å²) < 4.78 is 23.9. The fourth-order valence-corrected chi connectivity index (χ4v) is 2.04. The molecule has 0 fully saturated rings. The van der Waals surface area contributed by atoms with Crippen molar-refractivity contribution in [3.05, 3.63) is 54.0 Å². The molecule has 0 bridgehead atoms. The van der Waals surface area contributed by atoms with Crippen LogP contribution in [-0.2, 0) is 11.3 Å². The number of rotatable bonds is 7. The number of pyridine rings is 1. The Morgan fingerprint density at radius 2 is 2.21 bits per heavy atom. The van der Waals surface area contributed by atoms with Crippen molar-refractivity contribution in [3.63, 3.8) is 0 Å². The van der Waals surface area contributed by atoms with E-state index in [4.69, 9.17) is 15.2 Å². The standard InChI is InChI=1S/C17H21FN4O2/c1-12(11-23-2)22-17(19)21-10-13-5-4-8-20-16(13)24-15-7-3-6-14(18)9-15/h3-9,12H,10-11H2,1-2H3,(H3,19,21,22). The lowest BCUT2D eigenvalue weighted by atomic mass is 10.2. The van der Waals surface area contributed by atoms with Gasteiger partial charge in [-0.1, -0.05) is 12.1 Å². The quantitative estimate of drug-likeness (QED) is 0.601. The van der Waals surface area contributed by atoms with Gasteiger partial charge in [-0.15, -0.1) is 0 Å². The zero-order valence-electron chi connectivity index (χ0n) is 13.7. The molecular formula is C17H21FN4O2. The molecule has 0 amide bonds. The van der Waals surface area contributed by atoms with E-state index in [2.05, 4.69) is 15.3 Å². The van der Waals surface area contributed by atoms with Crippen LogP contribution in [-0.4, -0.2) is 30.7 Å². The second kappa shape index (κ2) is 8.83. The fraction of sp³-hybridized carbons (Fsp3) is 0.294. The van der Waals surface area contributed by atoms with Gasteiger partial charge in [0.25, 0.3) is 0 Å². The van der Waals surface area contributed by atoms with Crippen LogP contribution in [0.2, 0.25) is 0 Å². The summed E-state index contributed by atoms with van der Waals surface area (Å²) in [6, 6.07) is 9.54. The van der Waals surface area contributed by atoms with Gasteiger partial charge in [0.2, 0.25) is 5.88 Å². The van der Waals surface area contributed by atoms with Crippen molar-refractivity contribution in [2.45, 2.75) is 19.5 Å². The van der Waals surface area contributed by atoms with E-state index < -0.39 is 0 Å². The maximum Gasteiger partial charge on any atom is 0.224 e. The van der Waals surface area contributed by atoms with Gasteiger partial charge in [-0.3, -0.25) is 0 Å². The Balaban J connectivity index is 2.06. The topological polar surface area (TPSA) is 81.8 Å². The van der Waals surface area contributed by atoms with E-state index >= 15 is 0 Å². The highest BCUT2D eigenvalue weighted by Gasteiger charge is 2.07. The molecule has 1 aromatic heterocycles. The van der Waals surface area contributed by atoms with Crippen LogP contribution in [0.5, 0.6) is 11.6 Å². The lowest BCUT2D eigenvalue weighted by Gasteiger charge is -2.13. The minimum absolute atomic E-state index is 0.0515.